The second-order valence-corrected chi connectivity index (χ2v) is 12.2. The lowest BCUT2D eigenvalue weighted by Crippen LogP contribution is -2.39. The Morgan fingerprint density at radius 3 is 2.29 bits per heavy atom. The van der Waals surface area contributed by atoms with Crippen LogP contribution in [0.4, 0.5) is 5.69 Å². The second kappa shape index (κ2) is 10.8. The minimum atomic E-state index is -3.66. The summed E-state index contributed by atoms with van der Waals surface area (Å²) in [4.78, 5) is 33.9. The minimum Gasteiger partial charge on any atom is -0.497 e. The Morgan fingerprint density at radius 2 is 1.68 bits per heavy atom. The number of anilines is 1. The average molecular weight is 577 g/mol. The number of nitrogens with zero attached hydrogens (tertiary/aromatic N) is 6. The van der Waals surface area contributed by atoms with Crippen molar-refractivity contribution < 1.29 is 22.7 Å². The molecule has 2 aromatic carbocycles. The molecule has 2 amide bonds. The van der Waals surface area contributed by atoms with Gasteiger partial charge in [-0.2, -0.15) is 5.10 Å². The normalized spacial score (nSPS) is 13.4. The molecule has 0 N–H and O–H groups in total. The van der Waals surface area contributed by atoms with Crippen LogP contribution in [0.3, 0.4) is 0 Å². The van der Waals surface area contributed by atoms with Crippen LogP contribution in [0.15, 0.2) is 66.0 Å². The molecule has 0 radical (unpaired) electrons. The predicted molar refractivity (Wildman–Crippen MR) is 153 cm³/mol. The van der Waals surface area contributed by atoms with Crippen LogP contribution in [0.25, 0.3) is 11.4 Å². The number of ether oxygens (including phenoxy) is 1. The number of sulfone groups is 1. The summed E-state index contributed by atoms with van der Waals surface area (Å²) in [5.74, 6) is 0.926. The lowest BCUT2D eigenvalue weighted by Gasteiger charge is -2.28. The SMILES string of the molecule is COc1ccc(-n2nc(S(C)(=O)=O)c3c2C(=O)N(c2ccc(-n4ccnc4CN(C)C(=O)C(C)C)cc2)CC3)cc1. The summed E-state index contributed by atoms with van der Waals surface area (Å²) in [6.45, 7) is 4.39. The van der Waals surface area contributed by atoms with E-state index in [-0.39, 0.29) is 28.5 Å². The largest absolute Gasteiger partial charge is 0.497 e. The van der Waals surface area contributed by atoms with Gasteiger partial charge in [-0.15, -0.1) is 0 Å². The zero-order chi connectivity index (χ0) is 29.5. The molecule has 0 atom stereocenters. The highest BCUT2D eigenvalue weighted by atomic mass is 32.2. The van der Waals surface area contributed by atoms with Gasteiger partial charge in [0.1, 0.15) is 17.3 Å². The van der Waals surface area contributed by atoms with Gasteiger partial charge in [-0.25, -0.2) is 18.1 Å². The Kier molecular flexibility index (Phi) is 7.43. The van der Waals surface area contributed by atoms with Crippen LogP contribution < -0.4 is 9.64 Å². The fraction of sp³-hybridized carbons (Fsp3) is 0.310. The highest BCUT2D eigenvalue weighted by molar-refractivity contribution is 7.90. The topological polar surface area (TPSA) is 120 Å². The molecule has 4 aromatic rings. The van der Waals surface area contributed by atoms with Crippen LogP contribution in [-0.4, -0.2) is 71.4 Å². The van der Waals surface area contributed by atoms with Crippen LogP contribution in [0, 0.1) is 5.92 Å². The molecule has 1 aliphatic heterocycles. The zero-order valence-corrected chi connectivity index (χ0v) is 24.4. The Bertz CT molecular complexity index is 1710. The first-order valence-electron chi connectivity index (χ1n) is 13.2. The molecule has 0 saturated heterocycles. The lowest BCUT2D eigenvalue weighted by molar-refractivity contribution is -0.133. The number of carbonyl (C=O) groups excluding carboxylic acids is 2. The van der Waals surface area contributed by atoms with Crippen molar-refractivity contribution in [2.24, 2.45) is 5.92 Å². The van der Waals surface area contributed by atoms with Crippen LogP contribution in [-0.2, 0) is 27.6 Å². The number of imidazole rings is 1. The molecule has 214 valence electrons. The van der Waals surface area contributed by atoms with Gasteiger partial charge in [-0.05, 0) is 55.0 Å². The van der Waals surface area contributed by atoms with Crippen LogP contribution in [0.5, 0.6) is 5.75 Å². The fourth-order valence-electron chi connectivity index (χ4n) is 4.99. The number of hydrogen-bond acceptors (Lipinski definition) is 7. The monoisotopic (exact) mass is 576 g/mol. The highest BCUT2D eigenvalue weighted by Crippen LogP contribution is 2.31. The zero-order valence-electron chi connectivity index (χ0n) is 23.6. The minimum absolute atomic E-state index is 0.0331. The van der Waals surface area contributed by atoms with E-state index < -0.39 is 9.84 Å². The molecule has 5 rings (SSSR count). The molecule has 11 nitrogen and oxygen atoms in total. The average Bonchev–Trinajstić information content (AvgIpc) is 3.58. The smallest absolute Gasteiger partial charge is 0.277 e. The van der Waals surface area contributed by atoms with Crippen molar-refractivity contribution in [3.05, 3.63) is 78.0 Å². The first-order chi connectivity index (χ1) is 19.5. The summed E-state index contributed by atoms with van der Waals surface area (Å²) < 4.78 is 33.7. The van der Waals surface area contributed by atoms with Crippen molar-refractivity contribution in [1.82, 2.24) is 24.2 Å². The van der Waals surface area contributed by atoms with Crippen molar-refractivity contribution >= 4 is 27.3 Å². The summed E-state index contributed by atoms with van der Waals surface area (Å²) in [7, 11) is -0.353. The molecule has 0 spiro atoms. The lowest BCUT2D eigenvalue weighted by atomic mass is 10.1. The molecule has 0 unspecified atom stereocenters. The first kappa shape index (κ1) is 28.1. The molecule has 0 fully saturated rings. The number of aromatic nitrogens is 4. The van der Waals surface area contributed by atoms with E-state index >= 15 is 0 Å². The maximum absolute atomic E-state index is 13.9. The first-order valence-corrected chi connectivity index (χ1v) is 15.0. The fourth-order valence-corrected chi connectivity index (χ4v) is 5.87. The molecule has 1 aliphatic rings. The van der Waals surface area contributed by atoms with Crippen LogP contribution in [0.1, 0.15) is 35.7 Å². The number of benzene rings is 2. The number of methoxy groups -OCH3 is 1. The Balaban J connectivity index is 1.46. The predicted octanol–water partition coefficient (Wildman–Crippen LogP) is 3.29. The molecular weight excluding hydrogens is 544 g/mol. The van der Waals surface area contributed by atoms with Gasteiger partial charge in [0.2, 0.25) is 5.91 Å². The summed E-state index contributed by atoms with van der Waals surface area (Å²) in [6.07, 6.45) is 4.95. The van der Waals surface area contributed by atoms with E-state index in [0.717, 1.165) is 11.9 Å². The standard InChI is InChI=1S/C29H32N6O5S/c1-19(2)28(36)32(3)18-25-30-15-17-33(25)20-6-8-21(9-7-20)34-16-14-24-26(29(34)37)35(31-27(24)41(5,38)39)22-10-12-23(40-4)13-11-22/h6-13,15,17,19H,14,16,18H2,1-5H3. The van der Waals surface area contributed by atoms with Crippen molar-refractivity contribution in [2.45, 2.75) is 31.8 Å². The van der Waals surface area contributed by atoms with Crippen molar-refractivity contribution in [2.75, 3.05) is 31.9 Å². The van der Waals surface area contributed by atoms with Crippen LogP contribution in [0.2, 0.25) is 0 Å². The number of carbonyl (C=O) groups is 2. The molecule has 0 bridgehead atoms. The summed E-state index contributed by atoms with van der Waals surface area (Å²) in [5, 5.41) is 4.29. The third-order valence-electron chi connectivity index (χ3n) is 7.05. The third kappa shape index (κ3) is 5.34. The van der Waals surface area contributed by atoms with Gasteiger partial charge >= 0.3 is 0 Å². The van der Waals surface area contributed by atoms with Gasteiger partial charge in [-0.1, -0.05) is 13.8 Å². The Hall–Kier alpha value is -4.45. The maximum atomic E-state index is 13.9. The van der Waals surface area contributed by atoms with Crippen molar-refractivity contribution in [3.63, 3.8) is 0 Å². The van der Waals surface area contributed by atoms with E-state index in [9.17, 15) is 18.0 Å². The van der Waals surface area contributed by atoms with Crippen molar-refractivity contribution in [3.8, 4) is 17.1 Å². The maximum Gasteiger partial charge on any atom is 0.277 e. The number of amides is 2. The third-order valence-corrected chi connectivity index (χ3v) is 8.08. The van der Waals surface area contributed by atoms with Crippen molar-refractivity contribution in [1.29, 1.82) is 0 Å². The molecule has 41 heavy (non-hydrogen) atoms. The Labute approximate surface area is 238 Å². The van der Waals surface area contributed by atoms with Gasteiger partial charge < -0.3 is 19.1 Å². The number of fused-ring (bicyclic) bond motifs is 1. The highest BCUT2D eigenvalue weighted by Gasteiger charge is 2.36. The quantitative estimate of drug-likeness (QED) is 0.316. The van der Waals surface area contributed by atoms with Gasteiger partial charge in [-0.3, -0.25) is 9.59 Å². The summed E-state index contributed by atoms with van der Waals surface area (Å²) in [5.41, 5.74) is 2.70. The molecule has 3 heterocycles. The molecular formula is C29H32N6O5S. The van der Waals surface area contributed by atoms with E-state index in [1.165, 1.54) is 4.68 Å². The van der Waals surface area contributed by atoms with E-state index in [0.29, 0.717) is 48.0 Å². The number of hydrogen-bond donors (Lipinski definition) is 0. The van der Waals surface area contributed by atoms with Gasteiger partial charge in [0, 0.05) is 55.1 Å². The summed E-state index contributed by atoms with van der Waals surface area (Å²) in [6, 6.07) is 14.4. The van der Waals surface area contributed by atoms with E-state index in [2.05, 4.69) is 10.1 Å². The van der Waals surface area contributed by atoms with E-state index in [1.807, 2.05) is 48.9 Å². The molecule has 0 saturated carbocycles. The van der Waals surface area contributed by atoms with E-state index in [4.69, 9.17) is 4.74 Å². The number of rotatable bonds is 8. The van der Waals surface area contributed by atoms with Gasteiger partial charge in [0.15, 0.2) is 14.9 Å². The summed E-state index contributed by atoms with van der Waals surface area (Å²) >= 11 is 0. The van der Waals surface area contributed by atoms with Gasteiger partial charge in [0.05, 0.1) is 19.3 Å². The molecule has 0 aliphatic carbocycles. The second-order valence-electron chi connectivity index (χ2n) is 10.3. The van der Waals surface area contributed by atoms with Crippen LogP contribution >= 0.6 is 0 Å². The van der Waals surface area contributed by atoms with E-state index in [1.54, 1.807) is 54.4 Å². The Morgan fingerprint density at radius 1 is 1.05 bits per heavy atom. The molecule has 2 aromatic heterocycles. The molecule has 12 heteroatoms. The van der Waals surface area contributed by atoms with Gasteiger partial charge in [0.25, 0.3) is 5.91 Å².